The molecule has 0 saturated carbocycles. The number of quaternary nitrogens is 2. The summed E-state index contributed by atoms with van der Waals surface area (Å²) < 4.78 is 0. The van der Waals surface area contributed by atoms with Crippen LogP contribution in [0.1, 0.15) is 0 Å². The van der Waals surface area contributed by atoms with Gasteiger partial charge in [-0.3, -0.25) is 0 Å². The smallest absolute Gasteiger partial charge is 0.359 e. The molecule has 9 heteroatoms. The van der Waals surface area contributed by atoms with Gasteiger partial charge in [0.15, 0.2) is 13.1 Å². The van der Waals surface area contributed by atoms with E-state index < -0.39 is 11.9 Å². The van der Waals surface area contributed by atoms with Crippen LogP contribution in [0, 0.1) is 10.4 Å². The summed E-state index contributed by atoms with van der Waals surface area (Å²) >= 11 is 0. The van der Waals surface area contributed by atoms with Crippen LogP contribution in [0.15, 0.2) is 0 Å². The van der Waals surface area contributed by atoms with Crippen molar-refractivity contribution in [1.29, 1.82) is 0 Å². The van der Waals surface area contributed by atoms with E-state index in [1.807, 2.05) is 0 Å². The van der Waals surface area contributed by atoms with Gasteiger partial charge < -0.3 is 31.6 Å². The summed E-state index contributed by atoms with van der Waals surface area (Å²) in [6.45, 7) is -0.778. The predicted molar refractivity (Wildman–Crippen MR) is 35.6 cm³/mol. The molecule has 0 saturated heterocycles. The molecule has 0 aliphatic heterocycles. The Morgan fingerprint density at radius 1 is 1.00 bits per heavy atom. The van der Waals surface area contributed by atoms with E-state index in [1.165, 1.54) is 0 Å². The number of hydrogen-bond acceptors (Lipinski definition) is 4. The van der Waals surface area contributed by atoms with Crippen LogP contribution in [0.5, 0.6) is 0 Å². The molecule has 1 radical (unpaired) electrons. The zero-order valence-electron chi connectivity index (χ0n) is 6.40. The molecular formula is C4H10CuN2O6. The summed E-state index contributed by atoms with van der Waals surface area (Å²) in [5.41, 5.74) is 0.699. The van der Waals surface area contributed by atoms with Crippen LogP contribution in [-0.2, 0) is 26.7 Å². The second-order valence-corrected chi connectivity index (χ2v) is 1.53. The predicted octanol–water partition coefficient (Wildman–Crippen LogP) is -3.74. The van der Waals surface area contributed by atoms with Gasteiger partial charge in [0.05, 0.1) is 0 Å². The van der Waals surface area contributed by atoms with Gasteiger partial charge in [-0.25, -0.2) is 9.59 Å². The van der Waals surface area contributed by atoms with E-state index in [2.05, 4.69) is 0 Å². The molecule has 83 valence electrons. The van der Waals surface area contributed by atoms with Crippen molar-refractivity contribution >= 4 is 11.9 Å². The zero-order chi connectivity index (χ0) is 9.98. The molecule has 0 amide bonds. The van der Waals surface area contributed by atoms with E-state index in [4.69, 9.17) is 10.2 Å². The van der Waals surface area contributed by atoms with Crippen molar-refractivity contribution in [2.24, 2.45) is 0 Å². The molecule has 0 spiro atoms. The van der Waals surface area contributed by atoms with Gasteiger partial charge in [0.1, 0.15) is 0 Å². The van der Waals surface area contributed by atoms with Crippen molar-refractivity contribution < 1.29 is 47.8 Å². The van der Waals surface area contributed by atoms with Crippen molar-refractivity contribution in [2.75, 3.05) is 13.1 Å². The standard InChI is InChI=1S/2C2H5NO3.Cu/c2*4-2(5)1-3-6;/h2*1,3H2,(H,4,5);. The van der Waals surface area contributed by atoms with E-state index in [0.29, 0.717) is 11.0 Å². The molecule has 13 heavy (non-hydrogen) atoms. The van der Waals surface area contributed by atoms with Crippen LogP contribution in [0.2, 0.25) is 0 Å². The van der Waals surface area contributed by atoms with Crippen LogP contribution in [0.25, 0.3) is 0 Å². The van der Waals surface area contributed by atoms with Gasteiger partial charge in [-0.15, -0.1) is 0 Å². The number of carboxylic acids is 2. The van der Waals surface area contributed by atoms with Crippen molar-refractivity contribution in [1.82, 2.24) is 0 Å². The van der Waals surface area contributed by atoms with Crippen LogP contribution >= 0.6 is 0 Å². The minimum absolute atomic E-state index is 0. The first-order chi connectivity index (χ1) is 5.54. The van der Waals surface area contributed by atoms with Crippen LogP contribution in [0.4, 0.5) is 0 Å². The number of hydrogen-bond donors (Lipinski definition) is 4. The molecule has 0 rings (SSSR count). The van der Waals surface area contributed by atoms with Crippen LogP contribution < -0.4 is 11.0 Å². The molecule has 0 heterocycles. The Morgan fingerprint density at radius 3 is 1.23 bits per heavy atom. The van der Waals surface area contributed by atoms with E-state index in [-0.39, 0.29) is 30.2 Å². The average molecular weight is 246 g/mol. The molecule has 0 aromatic carbocycles. The fourth-order valence-corrected chi connectivity index (χ4v) is 0.143. The maximum absolute atomic E-state index is 9.37. The topological polar surface area (TPSA) is 154 Å². The van der Waals surface area contributed by atoms with Gasteiger partial charge in [-0.05, 0) is 0 Å². The van der Waals surface area contributed by atoms with Gasteiger partial charge >= 0.3 is 11.9 Å². The summed E-state index contributed by atoms with van der Waals surface area (Å²) in [6, 6.07) is 0. The van der Waals surface area contributed by atoms with E-state index in [0.717, 1.165) is 0 Å². The van der Waals surface area contributed by atoms with Crippen LogP contribution in [0.3, 0.4) is 0 Å². The van der Waals surface area contributed by atoms with E-state index >= 15 is 0 Å². The second kappa shape index (κ2) is 13.9. The Labute approximate surface area is 83.9 Å². The first kappa shape index (κ1) is 18.2. The third-order valence-corrected chi connectivity index (χ3v) is 0.516. The van der Waals surface area contributed by atoms with Crippen molar-refractivity contribution in [3.8, 4) is 0 Å². The molecule has 0 fully saturated rings. The molecule has 0 aromatic rings. The molecule has 0 aliphatic rings. The van der Waals surface area contributed by atoms with Gasteiger partial charge in [-0.1, -0.05) is 0 Å². The largest absolute Gasteiger partial charge is 0.635 e. The molecule has 0 aromatic heterocycles. The monoisotopic (exact) mass is 245 g/mol. The Balaban J connectivity index is -0.000000143. The van der Waals surface area contributed by atoms with Crippen LogP contribution in [-0.4, -0.2) is 35.2 Å². The summed E-state index contributed by atoms with van der Waals surface area (Å²) in [4.78, 5) is 18.7. The van der Waals surface area contributed by atoms with Gasteiger partial charge in [0.25, 0.3) is 0 Å². The summed E-state index contributed by atoms with van der Waals surface area (Å²) in [5.74, 6) is -2.16. The Kier molecular flexibility index (Phi) is 19.4. The first-order valence-corrected chi connectivity index (χ1v) is 2.85. The normalized spacial score (nSPS) is 7.54. The number of rotatable bonds is 4. The third-order valence-electron chi connectivity index (χ3n) is 0.516. The molecule has 0 bridgehead atoms. The summed E-state index contributed by atoms with van der Waals surface area (Å²) in [5, 5.41) is 33.8. The fourth-order valence-electron chi connectivity index (χ4n) is 0.143. The van der Waals surface area contributed by atoms with Crippen molar-refractivity contribution in [3.05, 3.63) is 10.4 Å². The van der Waals surface area contributed by atoms with E-state index in [9.17, 15) is 20.0 Å². The zero-order valence-corrected chi connectivity index (χ0v) is 7.34. The minimum Gasteiger partial charge on any atom is -0.635 e. The number of nitrogens with two attached hydrogens (primary N) is 2. The maximum atomic E-state index is 9.37. The molecule has 6 N–H and O–H groups in total. The summed E-state index contributed by atoms with van der Waals surface area (Å²) in [7, 11) is 0. The number of carboxylic acid groups (broad SMARTS) is 2. The molecule has 8 nitrogen and oxygen atoms in total. The SMILES string of the molecule is O=C(O)C[NH2+][O-].O=C(O)C[NH2+][O-].[Cu]. The molecule has 0 aliphatic carbocycles. The van der Waals surface area contributed by atoms with Gasteiger partial charge in [0, 0.05) is 17.1 Å². The van der Waals surface area contributed by atoms with Gasteiger partial charge in [0.2, 0.25) is 0 Å². The number of aliphatic carboxylic acids is 2. The summed E-state index contributed by atoms with van der Waals surface area (Å²) in [6.07, 6.45) is 0. The quantitative estimate of drug-likeness (QED) is 0.295. The first-order valence-electron chi connectivity index (χ1n) is 2.85. The Bertz CT molecular complexity index is 127. The number of hydroxylamine groups is 2. The molecular weight excluding hydrogens is 236 g/mol. The van der Waals surface area contributed by atoms with Gasteiger partial charge in [-0.2, -0.15) is 0 Å². The number of carbonyl (C=O) groups is 2. The van der Waals surface area contributed by atoms with Crippen molar-refractivity contribution in [3.63, 3.8) is 0 Å². The minimum atomic E-state index is -1.08. The molecule has 0 atom stereocenters. The Hall–Kier alpha value is -0.701. The fraction of sp³-hybridized carbons (Fsp3) is 0.500. The average Bonchev–Trinajstić information content (AvgIpc) is 1.87. The van der Waals surface area contributed by atoms with E-state index in [1.54, 1.807) is 0 Å². The molecule has 0 unspecified atom stereocenters. The maximum Gasteiger partial charge on any atom is 0.359 e. The third kappa shape index (κ3) is 34.8. The van der Waals surface area contributed by atoms with Crippen molar-refractivity contribution in [2.45, 2.75) is 0 Å². The second-order valence-electron chi connectivity index (χ2n) is 1.53. The Morgan fingerprint density at radius 2 is 1.23 bits per heavy atom.